The van der Waals surface area contributed by atoms with Gasteiger partial charge in [-0.15, -0.1) is 0 Å². The molecular formula is C15H18INO3. The number of carbonyl (C=O) groups is 2. The number of carbonyl (C=O) groups excluding carboxylic acids is 2. The molecule has 0 radical (unpaired) electrons. The first-order valence-corrected chi connectivity index (χ1v) is 7.91. The highest BCUT2D eigenvalue weighted by molar-refractivity contribution is 14.1. The summed E-state index contributed by atoms with van der Waals surface area (Å²) >= 11 is 2.16. The van der Waals surface area contributed by atoms with Crippen LogP contribution in [0.4, 0.5) is 0 Å². The lowest BCUT2D eigenvalue weighted by Gasteiger charge is -2.31. The van der Waals surface area contributed by atoms with Crippen molar-refractivity contribution in [3.63, 3.8) is 0 Å². The molecule has 0 saturated carbocycles. The molecule has 0 aromatic heterocycles. The second kappa shape index (κ2) is 7.06. The predicted molar refractivity (Wildman–Crippen MR) is 84.4 cm³/mol. The second-order valence-corrected chi connectivity index (χ2v) is 5.98. The maximum Gasteiger partial charge on any atom is 0.310 e. The molecule has 1 aliphatic heterocycles. The number of hydrogen-bond acceptors (Lipinski definition) is 3. The summed E-state index contributed by atoms with van der Waals surface area (Å²) in [4.78, 5) is 26.1. The number of likely N-dealkylation sites (tertiary alicyclic amines) is 1. The van der Waals surface area contributed by atoms with Crippen molar-refractivity contribution < 1.29 is 14.3 Å². The molecule has 1 saturated heterocycles. The van der Waals surface area contributed by atoms with Crippen LogP contribution in [-0.2, 0) is 9.53 Å². The van der Waals surface area contributed by atoms with Crippen LogP contribution >= 0.6 is 22.6 Å². The second-order valence-electron chi connectivity index (χ2n) is 4.82. The fourth-order valence-electron chi connectivity index (χ4n) is 2.42. The highest BCUT2D eigenvalue weighted by atomic mass is 127. The van der Waals surface area contributed by atoms with E-state index in [0.29, 0.717) is 25.3 Å². The number of amides is 1. The Bertz CT molecular complexity index is 504. The summed E-state index contributed by atoms with van der Waals surface area (Å²) in [5.74, 6) is -0.370. The van der Waals surface area contributed by atoms with Crippen LogP contribution in [0.5, 0.6) is 0 Å². The Morgan fingerprint density at radius 3 is 2.85 bits per heavy atom. The van der Waals surface area contributed by atoms with E-state index in [-0.39, 0.29) is 17.8 Å². The van der Waals surface area contributed by atoms with E-state index >= 15 is 0 Å². The quantitative estimate of drug-likeness (QED) is 0.592. The van der Waals surface area contributed by atoms with Crippen LogP contribution in [0.15, 0.2) is 24.3 Å². The summed E-state index contributed by atoms with van der Waals surface area (Å²) in [6.45, 7) is 3.36. The van der Waals surface area contributed by atoms with Crippen LogP contribution in [0.1, 0.15) is 30.1 Å². The van der Waals surface area contributed by atoms with Crippen molar-refractivity contribution >= 4 is 34.5 Å². The molecule has 1 aromatic rings. The molecule has 0 aliphatic carbocycles. The summed E-state index contributed by atoms with van der Waals surface area (Å²) in [6, 6.07) is 7.52. The summed E-state index contributed by atoms with van der Waals surface area (Å²) in [7, 11) is 0. The van der Waals surface area contributed by atoms with E-state index in [1.54, 1.807) is 11.8 Å². The van der Waals surface area contributed by atoms with Crippen LogP contribution in [-0.4, -0.2) is 36.5 Å². The average Bonchev–Trinajstić information content (AvgIpc) is 2.47. The molecule has 1 aliphatic rings. The number of piperidine rings is 1. The maximum atomic E-state index is 12.5. The Morgan fingerprint density at radius 1 is 1.40 bits per heavy atom. The van der Waals surface area contributed by atoms with Gasteiger partial charge in [-0.25, -0.2) is 0 Å². The SMILES string of the molecule is CCOC(=O)[C@H]1CCCN(C(=O)c2ccccc2I)C1. The van der Waals surface area contributed by atoms with Gasteiger partial charge in [-0.1, -0.05) is 12.1 Å². The molecule has 0 spiro atoms. The largest absolute Gasteiger partial charge is 0.466 e. The van der Waals surface area contributed by atoms with E-state index in [2.05, 4.69) is 22.6 Å². The van der Waals surface area contributed by atoms with Gasteiger partial charge in [0, 0.05) is 16.7 Å². The van der Waals surface area contributed by atoms with E-state index in [0.717, 1.165) is 16.4 Å². The van der Waals surface area contributed by atoms with Gasteiger partial charge in [0.15, 0.2) is 0 Å². The summed E-state index contributed by atoms with van der Waals surface area (Å²) in [5.41, 5.74) is 0.706. The number of ether oxygens (including phenoxy) is 1. The number of rotatable bonds is 3. The molecule has 108 valence electrons. The first-order valence-electron chi connectivity index (χ1n) is 6.84. The van der Waals surface area contributed by atoms with Crippen LogP contribution in [0.3, 0.4) is 0 Å². The number of halogens is 1. The lowest BCUT2D eigenvalue weighted by Crippen LogP contribution is -2.43. The highest BCUT2D eigenvalue weighted by Crippen LogP contribution is 2.21. The zero-order valence-corrected chi connectivity index (χ0v) is 13.6. The number of nitrogens with zero attached hydrogens (tertiary/aromatic N) is 1. The molecular weight excluding hydrogens is 369 g/mol. The zero-order valence-electron chi connectivity index (χ0n) is 11.5. The van der Waals surface area contributed by atoms with Gasteiger partial charge < -0.3 is 9.64 Å². The van der Waals surface area contributed by atoms with Crippen molar-refractivity contribution in [2.75, 3.05) is 19.7 Å². The summed E-state index contributed by atoms with van der Waals surface area (Å²) in [5, 5.41) is 0. The third-order valence-electron chi connectivity index (χ3n) is 3.43. The molecule has 4 nitrogen and oxygen atoms in total. The van der Waals surface area contributed by atoms with Gasteiger partial charge in [-0.3, -0.25) is 9.59 Å². The first-order chi connectivity index (χ1) is 9.63. The number of hydrogen-bond donors (Lipinski definition) is 0. The van der Waals surface area contributed by atoms with E-state index < -0.39 is 0 Å². The molecule has 1 heterocycles. The van der Waals surface area contributed by atoms with Crippen molar-refractivity contribution in [2.45, 2.75) is 19.8 Å². The first kappa shape index (κ1) is 15.3. The Kier molecular flexibility index (Phi) is 5.39. The fourth-order valence-corrected chi connectivity index (χ4v) is 3.04. The third kappa shape index (κ3) is 3.50. The average molecular weight is 387 g/mol. The Balaban J connectivity index is 2.07. The Morgan fingerprint density at radius 2 is 2.15 bits per heavy atom. The Labute approximate surface area is 132 Å². The van der Waals surface area contributed by atoms with Crippen LogP contribution in [0, 0.1) is 9.49 Å². The summed E-state index contributed by atoms with van der Waals surface area (Å²) in [6.07, 6.45) is 1.65. The Hall–Kier alpha value is -1.11. The molecule has 0 N–H and O–H groups in total. The van der Waals surface area contributed by atoms with Crippen LogP contribution in [0.25, 0.3) is 0 Å². The molecule has 0 unspecified atom stereocenters. The molecule has 20 heavy (non-hydrogen) atoms. The standard InChI is InChI=1S/C15H18INO3/c1-2-20-15(19)11-6-5-9-17(10-11)14(18)12-7-3-4-8-13(12)16/h3-4,7-8,11H,2,5-6,9-10H2,1H3/t11-/m0/s1. The van der Waals surface area contributed by atoms with Gasteiger partial charge in [0.05, 0.1) is 18.1 Å². The molecule has 1 aromatic carbocycles. The van der Waals surface area contributed by atoms with E-state index in [9.17, 15) is 9.59 Å². The lowest BCUT2D eigenvalue weighted by atomic mass is 9.97. The monoisotopic (exact) mass is 387 g/mol. The van der Waals surface area contributed by atoms with Crippen LogP contribution in [0.2, 0.25) is 0 Å². The molecule has 1 fully saturated rings. The minimum atomic E-state index is -0.187. The number of benzene rings is 1. The van der Waals surface area contributed by atoms with Gasteiger partial charge in [0.25, 0.3) is 5.91 Å². The van der Waals surface area contributed by atoms with Crippen molar-refractivity contribution in [1.29, 1.82) is 0 Å². The van der Waals surface area contributed by atoms with E-state index in [4.69, 9.17) is 4.74 Å². The normalized spacial score (nSPS) is 18.7. The third-order valence-corrected chi connectivity index (χ3v) is 4.37. The summed E-state index contributed by atoms with van der Waals surface area (Å²) < 4.78 is 6.00. The molecule has 1 atom stereocenters. The smallest absolute Gasteiger partial charge is 0.310 e. The van der Waals surface area contributed by atoms with Crippen molar-refractivity contribution in [1.82, 2.24) is 4.90 Å². The van der Waals surface area contributed by atoms with Crippen molar-refractivity contribution in [3.8, 4) is 0 Å². The fraction of sp³-hybridized carbons (Fsp3) is 0.467. The van der Waals surface area contributed by atoms with Crippen molar-refractivity contribution in [2.24, 2.45) is 5.92 Å². The van der Waals surface area contributed by atoms with E-state index in [1.807, 2.05) is 24.3 Å². The molecule has 0 bridgehead atoms. The molecule has 2 rings (SSSR count). The lowest BCUT2D eigenvalue weighted by molar-refractivity contribution is -0.149. The minimum absolute atomic E-state index is 0.00370. The highest BCUT2D eigenvalue weighted by Gasteiger charge is 2.30. The van der Waals surface area contributed by atoms with Gasteiger partial charge >= 0.3 is 5.97 Å². The number of esters is 1. The molecule has 5 heteroatoms. The topological polar surface area (TPSA) is 46.6 Å². The van der Waals surface area contributed by atoms with Crippen LogP contribution < -0.4 is 0 Å². The van der Waals surface area contributed by atoms with Gasteiger partial charge in [-0.2, -0.15) is 0 Å². The minimum Gasteiger partial charge on any atom is -0.466 e. The van der Waals surface area contributed by atoms with Gasteiger partial charge in [0.2, 0.25) is 0 Å². The zero-order chi connectivity index (χ0) is 14.5. The van der Waals surface area contributed by atoms with Crippen molar-refractivity contribution in [3.05, 3.63) is 33.4 Å². The van der Waals surface area contributed by atoms with Gasteiger partial charge in [-0.05, 0) is 54.5 Å². The molecule has 1 amide bonds. The predicted octanol–water partition coefficient (Wildman–Crippen LogP) is 2.71. The van der Waals surface area contributed by atoms with Gasteiger partial charge in [0.1, 0.15) is 0 Å². The maximum absolute atomic E-state index is 12.5. The van der Waals surface area contributed by atoms with E-state index in [1.165, 1.54) is 0 Å².